The minimum Gasteiger partial charge on any atom is -0.368 e. The Morgan fingerprint density at radius 2 is 1.85 bits per heavy atom. The normalized spacial score (nSPS) is 18.0. The van der Waals surface area contributed by atoms with Crippen LogP contribution in [0.2, 0.25) is 5.02 Å². The van der Waals surface area contributed by atoms with Gasteiger partial charge in [-0.15, -0.1) is 0 Å². The number of aliphatic imine (C=N–C) groups is 1. The van der Waals surface area contributed by atoms with Crippen LogP contribution in [0.3, 0.4) is 0 Å². The van der Waals surface area contributed by atoms with Gasteiger partial charge < -0.3 is 10.6 Å². The zero-order valence-electron chi connectivity index (χ0n) is 14.3. The van der Waals surface area contributed by atoms with Gasteiger partial charge in [0.1, 0.15) is 23.0 Å². The third kappa shape index (κ3) is 3.16. The molecule has 0 bridgehead atoms. The third-order valence-electron chi connectivity index (χ3n) is 5.18. The number of rotatable bonds is 2. The predicted octanol–water partition coefficient (Wildman–Crippen LogP) is 5.57. The molecule has 136 valence electrons. The van der Waals surface area contributed by atoms with E-state index in [0.29, 0.717) is 17.4 Å². The second-order valence-electron chi connectivity index (χ2n) is 6.96. The Balaban J connectivity index is 1.70. The minimum atomic E-state index is -0.526. The van der Waals surface area contributed by atoms with Crippen LogP contribution in [-0.4, -0.2) is 11.4 Å². The smallest absolute Gasteiger partial charge is 0.151 e. The van der Waals surface area contributed by atoms with E-state index in [1.165, 1.54) is 0 Å². The molecule has 4 rings (SSSR count). The maximum atomic E-state index is 14.3. The quantitative estimate of drug-likeness (QED) is 0.720. The summed E-state index contributed by atoms with van der Waals surface area (Å²) in [6.45, 7) is 0.523. The lowest BCUT2D eigenvalue weighted by Gasteiger charge is -2.42. The molecule has 0 unspecified atom stereocenters. The Bertz CT molecular complexity index is 860. The molecule has 2 aromatic carbocycles. The number of hydrogen-bond donors (Lipinski definition) is 2. The van der Waals surface area contributed by atoms with E-state index in [2.05, 4.69) is 15.6 Å². The van der Waals surface area contributed by atoms with Crippen molar-refractivity contribution in [3.05, 3.63) is 58.6 Å². The van der Waals surface area contributed by atoms with E-state index in [-0.39, 0.29) is 11.4 Å². The third-order valence-corrected chi connectivity index (χ3v) is 5.41. The highest BCUT2D eigenvalue weighted by Crippen LogP contribution is 2.42. The van der Waals surface area contributed by atoms with Crippen LogP contribution < -0.4 is 10.6 Å². The van der Waals surface area contributed by atoms with Crippen molar-refractivity contribution in [1.29, 1.82) is 0 Å². The van der Waals surface area contributed by atoms with Gasteiger partial charge >= 0.3 is 0 Å². The topological polar surface area (TPSA) is 36.4 Å². The molecule has 1 saturated carbocycles. The number of amidine groups is 1. The lowest BCUT2D eigenvalue weighted by atomic mass is 9.79. The summed E-state index contributed by atoms with van der Waals surface area (Å²) in [5.41, 5.74) is 0.741. The molecule has 1 fully saturated rings. The summed E-state index contributed by atoms with van der Waals surface area (Å²) < 4.78 is 28.5. The molecule has 3 nitrogen and oxygen atoms in total. The number of hydrogen-bond acceptors (Lipinski definition) is 3. The number of halogens is 3. The van der Waals surface area contributed by atoms with E-state index in [9.17, 15) is 8.78 Å². The van der Waals surface area contributed by atoms with E-state index >= 15 is 0 Å². The molecule has 6 heteroatoms. The average molecular weight is 376 g/mol. The summed E-state index contributed by atoms with van der Waals surface area (Å²) >= 11 is 6.05. The fourth-order valence-electron chi connectivity index (χ4n) is 3.85. The van der Waals surface area contributed by atoms with Crippen molar-refractivity contribution in [3.63, 3.8) is 0 Å². The van der Waals surface area contributed by atoms with Crippen molar-refractivity contribution in [2.24, 2.45) is 4.99 Å². The zero-order valence-corrected chi connectivity index (χ0v) is 15.0. The number of anilines is 1. The van der Waals surface area contributed by atoms with Crippen molar-refractivity contribution in [2.75, 3.05) is 5.32 Å². The summed E-state index contributed by atoms with van der Waals surface area (Å²) in [4.78, 5) is 4.52. The van der Waals surface area contributed by atoms with Gasteiger partial charge in [-0.2, -0.15) is 0 Å². The predicted molar refractivity (Wildman–Crippen MR) is 101 cm³/mol. The second kappa shape index (κ2) is 6.88. The number of nitrogens with one attached hydrogen (secondary N) is 2. The van der Waals surface area contributed by atoms with Gasteiger partial charge in [-0.25, -0.2) is 13.8 Å². The highest BCUT2D eigenvalue weighted by molar-refractivity contribution is 6.30. The van der Waals surface area contributed by atoms with Crippen molar-refractivity contribution in [2.45, 2.75) is 44.2 Å². The molecule has 2 aromatic rings. The first-order valence-corrected chi connectivity index (χ1v) is 9.29. The lowest BCUT2D eigenvalue weighted by Crippen LogP contribution is -2.55. The Hall–Kier alpha value is -2.14. The molecule has 0 aromatic heterocycles. The summed E-state index contributed by atoms with van der Waals surface area (Å²) in [7, 11) is 0. The van der Waals surface area contributed by atoms with Gasteiger partial charge in [-0.1, -0.05) is 43.0 Å². The molecule has 26 heavy (non-hydrogen) atoms. The SMILES string of the molecule is Fc1ccc(F)c2c1N=C(NCc1cccc(Cl)c1)C1(CCCCC1)N2. The Labute approximate surface area is 156 Å². The highest BCUT2D eigenvalue weighted by Gasteiger charge is 2.41. The van der Waals surface area contributed by atoms with E-state index in [4.69, 9.17) is 11.6 Å². The fraction of sp³-hybridized carbons (Fsp3) is 0.350. The molecule has 2 aliphatic rings. The standard InChI is InChI=1S/C20H20ClF2N3/c21-14-6-4-5-13(11-14)12-24-19-20(9-2-1-3-10-20)26-18-16(23)8-7-15(22)17(18)25-19/h4-8,11,26H,1-3,9-10,12H2,(H,24,25). The van der Waals surface area contributed by atoms with Gasteiger partial charge in [0.2, 0.25) is 0 Å². The van der Waals surface area contributed by atoms with Crippen molar-refractivity contribution in [3.8, 4) is 0 Å². The number of benzene rings is 2. The summed E-state index contributed by atoms with van der Waals surface area (Å²) in [5, 5.41) is 7.30. The molecule has 0 amide bonds. The highest BCUT2D eigenvalue weighted by atomic mass is 35.5. The molecule has 1 heterocycles. The van der Waals surface area contributed by atoms with Crippen LogP contribution in [-0.2, 0) is 6.54 Å². The van der Waals surface area contributed by atoms with Crippen LogP contribution in [0.4, 0.5) is 20.2 Å². The molecule has 0 radical (unpaired) electrons. The van der Waals surface area contributed by atoms with E-state index in [1.807, 2.05) is 24.3 Å². The summed E-state index contributed by atoms with van der Waals surface area (Å²) in [6.07, 6.45) is 4.87. The van der Waals surface area contributed by atoms with Crippen molar-refractivity contribution >= 4 is 28.8 Å². The maximum absolute atomic E-state index is 14.3. The molecule has 2 N–H and O–H groups in total. The number of fused-ring (bicyclic) bond motifs is 1. The first-order chi connectivity index (χ1) is 12.6. The van der Waals surface area contributed by atoms with Gasteiger partial charge in [0.25, 0.3) is 0 Å². The molecule has 0 saturated heterocycles. The van der Waals surface area contributed by atoms with Crippen LogP contribution >= 0.6 is 11.6 Å². The van der Waals surface area contributed by atoms with Gasteiger partial charge in [-0.3, -0.25) is 0 Å². The van der Waals surface area contributed by atoms with Crippen molar-refractivity contribution in [1.82, 2.24) is 5.32 Å². The Morgan fingerprint density at radius 3 is 2.62 bits per heavy atom. The molecule has 1 spiro atoms. The summed E-state index contributed by atoms with van der Waals surface area (Å²) in [5.74, 6) is -0.320. The van der Waals surface area contributed by atoms with E-state index < -0.39 is 17.2 Å². The molecular formula is C20H20ClF2N3. The molecule has 1 aliphatic heterocycles. The van der Waals surface area contributed by atoms with Gasteiger partial charge in [0.15, 0.2) is 5.82 Å². The van der Waals surface area contributed by atoms with Crippen molar-refractivity contribution < 1.29 is 8.78 Å². The van der Waals surface area contributed by atoms with Gasteiger partial charge in [0, 0.05) is 11.6 Å². The monoisotopic (exact) mass is 375 g/mol. The minimum absolute atomic E-state index is 0.0368. The van der Waals surface area contributed by atoms with Crippen LogP contribution in [0, 0.1) is 11.6 Å². The lowest BCUT2D eigenvalue weighted by molar-refractivity contribution is 0.394. The van der Waals surface area contributed by atoms with Gasteiger partial charge in [0.05, 0.1) is 5.54 Å². The van der Waals surface area contributed by atoms with E-state index in [1.54, 1.807) is 0 Å². The van der Waals surface area contributed by atoms with Crippen LogP contribution in [0.15, 0.2) is 41.4 Å². The largest absolute Gasteiger partial charge is 0.368 e. The van der Waals surface area contributed by atoms with Crippen LogP contribution in [0.25, 0.3) is 0 Å². The first kappa shape index (κ1) is 17.3. The first-order valence-electron chi connectivity index (χ1n) is 8.91. The zero-order chi connectivity index (χ0) is 18.1. The average Bonchev–Trinajstić information content (AvgIpc) is 2.64. The maximum Gasteiger partial charge on any atom is 0.151 e. The number of nitrogens with zero attached hydrogens (tertiary/aromatic N) is 1. The fourth-order valence-corrected chi connectivity index (χ4v) is 4.06. The Morgan fingerprint density at radius 1 is 1.08 bits per heavy atom. The van der Waals surface area contributed by atoms with Gasteiger partial charge in [-0.05, 0) is 42.7 Å². The van der Waals surface area contributed by atoms with Crippen LogP contribution in [0.5, 0.6) is 0 Å². The molecular weight excluding hydrogens is 356 g/mol. The molecule has 0 atom stereocenters. The van der Waals surface area contributed by atoms with Crippen LogP contribution in [0.1, 0.15) is 37.7 Å². The second-order valence-corrected chi connectivity index (χ2v) is 7.40. The summed E-state index contributed by atoms with van der Waals surface area (Å²) in [6, 6.07) is 9.83. The van der Waals surface area contributed by atoms with E-state index in [0.717, 1.165) is 49.8 Å². The Kier molecular flexibility index (Phi) is 4.57. The molecule has 1 aliphatic carbocycles.